The van der Waals surface area contributed by atoms with E-state index >= 15 is 0 Å². The molecule has 100 valence electrons. The number of aromatic nitrogens is 2. The van der Waals surface area contributed by atoms with Crippen LogP contribution in [0.1, 0.15) is 31.5 Å². The largest absolute Gasteiger partial charge is 0.348 e. The van der Waals surface area contributed by atoms with E-state index in [-0.39, 0.29) is 5.79 Å². The SMILES string of the molecule is c1nc(CCNC2CCC3(CC2)OCCO3)no1. The average Bonchev–Trinajstić information content (AvgIpc) is 3.04. The molecule has 0 amide bonds. The highest BCUT2D eigenvalue weighted by Crippen LogP contribution is 2.35. The molecular weight excluding hydrogens is 234 g/mol. The Morgan fingerprint density at radius 2 is 2.06 bits per heavy atom. The molecule has 1 saturated heterocycles. The normalized spacial score (nSPS) is 23.8. The van der Waals surface area contributed by atoms with E-state index in [4.69, 9.17) is 14.0 Å². The molecule has 0 radical (unpaired) electrons. The van der Waals surface area contributed by atoms with Crippen molar-refractivity contribution in [3.63, 3.8) is 0 Å². The van der Waals surface area contributed by atoms with E-state index in [2.05, 4.69) is 15.5 Å². The summed E-state index contributed by atoms with van der Waals surface area (Å²) in [6.07, 6.45) is 6.37. The van der Waals surface area contributed by atoms with Crippen molar-refractivity contribution in [3.05, 3.63) is 12.2 Å². The Bertz CT molecular complexity index is 353. The Labute approximate surface area is 106 Å². The summed E-state index contributed by atoms with van der Waals surface area (Å²) in [5.74, 6) is 0.503. The number of nitrogens with one attached hydrogen (secondary N) is 1. The summed E-state index contributed by atoms with van der Waals surface area (Å²) in [6, 6.07) is 0.551. The van der Waals surface area contributed by atoms with E-state index in [9.17, 15) is 0 Å². The van der Waals surface area contributed by atoms with Gasteiger partial charge in [-0.2, -0.15) is 4.98 Å². The number of hydrogen-bond donors (Lipinski definition) is 1. The molecule has 18 heavy (non-hydrogen) atoms. The molecule has 0 unspecified atom stereocenters. The first-order chi connectivity index (χ1) is 8.86. The molecule has 1 aromatic heterocycles. The van der Waals surface area contributed by atoms with Gasteiger partial charge in [0.15, 0.2) is 11.6 Å². The van der Waals surface area contributed by atoms with Gasteiger partial charge in [-0.05, 0) is 12.8 Å². The third kappa shape index (κ3) is 2.71. The lowest BCUT2D eigenvalue weighted by atomic mass is 9.90. The van der Waals surface area contributed by atoms with Gasteiger partial charge in [-0.25, -0.2) is 0 Å². The van der Waals surface area contributed by atoms with Crippen LogP contribution in [-0.4, -0.2) is 41.7 Å². The fourth-order valence-electron chi connectivity index (χ4n) is 2.74. The van der Waals surface area contributed by atoms with Gasteiger partial charge >= 0.3 is 0 Å². The minimum atomic E-state index is -0.258. The zero-order valence-corrected chi connectivity index (χ0v) is 10.4. The van der Waals surface area contributed by atoms with E-state index < -0.39 is 0 Å². The van der Waals surface area contributed by atoms with E-state index in [1.165, 1.54) is 6.39 Å². The maximum absolute atomic E-state index is 5.71. The van der Waals surface area contributed by atoms with Crippen molar-refractivity contribution < 1.29 is 14.0 Å². The van der Waals surface area contributed by atoms with Crippen molar-refractivity contribution >= 4 is 0 Å². The third-order valence-electron chi connectivity index (χ3n) is 3.75. The van der Waals surface area contributed by atoms with Crippen LogP contribution in [0.5, 0.6) is 0 Å². The zero-order chi connectivity index (χ0) is 12.3. The molecule has 2 fully saturated rings. The highest BCUT2D eigenvalue weighted by atomic mass is 16.7. The first kappa shape index (κ1) is 12.1. The number of hydrogen-bond acceptors (Lipinski definition) is 6. The molecule has 6 nitrogen and oxygen atoms in total. The fourth-order valence-corrected chi connectivity index (χ4v) is 2.74. The minimum Gasteiger partial charge on any atom is -0.348 e. The third-order valence-corrected chi connectivity index (χ3v) is 3.75. The van der Waals surface area contributed by atoms with Gasteiger partial charge in [-0.15, -0.1) is 0 Å². The summed E-state index contributed by atoms with van der Waals surface area (Å²) in [5, 5.41) is 7.32. The zero-order valence-electron chi connectivity index (χ0n) is 10.4. The van der Waals surface area contributed by atoms with Crippen LogP contribution < -0.4 is 5.32 Å². The lowest BCUT2D eigenvalue weighted by Crippen LogP contribution is -2.42. The first-order valence-electron chi connectivity index (χ1n) is 6.63. The van der Waals surface area contributed by atoms with Gasteiger partial charge in [0, 0.05) is 31.8 Å². The highest BCUT2D eigenvalue weighted by Gasteiger charge is 2.39. The Hall–Kier alpha value is -0.980. The van der Waals surface area contributed by atoms with E-state index in [0.29, 0.717) is 6.04 Å². The molecular formula is C12H19N3O3. The maximum Gasteiger partial charge on any atom is 0.213 e. The fraction of sp³-hybridized carbons (Fsp3) is 0.833. The van der Waals surface area contributed by atoms with Crippen LogP contribution >= 0.6 is 0 Å². The van der Waals surface area contributed by atoms with Crippen LogP contribution in [0.3, 0.4) is 0 Å². The summed E-state index contributed by atoms with van der Waals surface area (Å²) in [7, 11) is 0. The standard InChI is InChI=1S/C12H19N3O3/c1-4-12(16-7-8-17-12)5-2-10(1)13-6-3-11-14-9-18-15-11/h9-10,13H,1-8H2. The summed E-state index contributed by atoms with van der Waals surface area (Å²) in [5.41, 5.74) is 0. The molecule has 6 heteroatoms. The molecule has 0 aromatic carbocycles. The van der Waals surface area contributed by atoms with Gasteiger partial charge in [0.2, 0.25) is 6.39 Å². The van der Waals surface area contributed by atoms with Crippen LogP contribution in [0, 0.1) is 0 Å². The van der Waals surface area contributed by atoms with Crippen molar-refractivity contribution in [1.29, 1.82) is 0 Å². The van der Waals surface area contributed by atoms with Crippen molar-refractivity contribution in [2.24, 2.45) is 0 Å². The molecule has 3 rings (SSSR count). The molecule has 1 saturated carbocycles. The topological polar surface area (TPSA) is 69.4 Å². The molecule has 0 bridgehead atoms. The van der Waals surface area contributed by atoms with Gasteiger partial charge in [0.1, 0.15) is 0 Å². The van der Waals surface area contributed by atoms with Crippen LogP contribution in [0.2, 0.25) is 0 Å². The second-order valence-electron chi connectivity index (χ2n) is 4.93. The molecule has 2 heterocycles. The van der Waals surface area contributed by atoms with Crippen LogP contribution in [0.4, 0.5) is 0 Å². The second kappa shape index (κ2) is 5.34. The summed E-state index contributed by atoms with van der Waals surface area (Å²) < 4.78 is 16.1. The van der Waals surface area contributed by atoms with E-state index in [1.54, 1.807) is 0 Å². The summed E-state index contributed by atoms with van der Waals surface area (Å²) in [4.78, 5) is 4.00. The van der Waals surface area contributed by atoms with Gasteiger partial charge in [-0.3, -0.25) is 0 Å². The molecule has 1 N–H and O–H groups in total. The molecule has 2 aliphatic rings. The molecule has 0 atom stereocenters. The van der Waals surface area contributed by atoms with E-state index in [0.717, 1.165) is 57.7 Å². The second-order valence-corrected chi connectivity index (χ2v) is 4.93. The van der Waals surface area contributed by atoms with Gasteiger partial charge in [0.25, 0.3) is 0 Å². The Balaban J connectivity index is 1.38. The molecule has 1 aromatic rings. The van der Waals surface area contributed by atoms with Crippen molar-refractivity contribution in [3.8, 4) is 0 Å². The first-order valence-corrected chi connectivity index (χ1v) is 6.63. The molecule has 1 spiro atoms. The highest BCUT2D eigenvalue weighted by molar-refractivity contribution is 4.86. The number of ether oxygens (including phenoxy) is 2. The van der Waals surface area contributed by atoms with Crippen LogP contribution in [0.25, 0.3) is 0 Å². The lowest BCUT2D eigenvalue weighted by Gasteiger charge is -2.35. The van der Waals surface area contributed by atoms with Gasteiger partial charge < -0.3 is 19.3 Å². The Kier molecular flexibility index (Phi) is 3.58. The van der Waals surface area contributed by atoms with Gasteiger partial charge in [0.05, 0.1) is 13.2 Å². The lowest BCUT2D eigenvalue weighted by molar-refractivity contribution is -0.179. The van der Waals surface area contributed by atoms with Crippen molar-refractivity contribution in [2.45, 2.75) is 43.9 Å². The van der Waals surface area contributed by atoms with Gasteiger partial charge in [-0.1, -0.05) is 5.16 Å². The predicted molar refractivity (Wildman–Crippen MR) is 62.9 cm³/mol. The monoisotopic (exact) mass is 253 g/mol. The Morgan fingerprint density at radius 3 is 2.72 bits per heavy atom. The summed E-state index contributed by atoms with van der Waals surface area (Å²) >= 11 is 0. The maximum atomic E-state index is 5.71. The predicted octanol–water partition coefficient (Wildman–Crippen LogP) is 0.887. The van der Waals surface area contributed by atoms with Crippen molar-refractivity contribution in [1.82, 2.24) is 15.5 Å². The Morgan fingerprint density at radius 1 is 1.28 bits per heavy atom. The van der Waals surface area contributed by atoms with E-state index in [1.807, 2.05) is 0 Å². The quantitative estimate of drug-likeness (QED) is 0.859. The number of nitrogens with zero attached hydrogens (tertiary/aromatic N) is 2. The van der Waals surface area contributed by atoms with Crippen molar-refractivity contribution in [2.75, 3.05) is 19.8 Å². The van der Waals surface area contributed by atoms with Crippen LogP contribution in [-0.2, 0) is 15.9 Å². The summed E-state index contributed by atoms with van der Waals surface area (Å²) in [6.45, 7) is 2.38. The minimum absolute atomic E-state index is 0.258. The molecule has 1 aliphatic carbocycles. The number of rotatable bonds is 4. The smallest absolute Gasteiger partial charge is 0.213 e. The van der Waals surface area contributed by atoms with Crippen LogP contribution in [0.15, 0.2) is 10.9 Å². The molecule has 1 aliphatic heterocycles. The average molecular weight is 253 g/mol.